The topological polar surface area (TPSA) is 12.0 Å². The Labute approximate surface area is 126 Å². The molecule has 0 amide bonds. The number of hydrogen-bond donors (Lipinski definition) is 1. The molecule has 0 spiro atoms. The van der Waals surface area contributed by atoms with Crippen LogP contribution in [-0.4, -0.2) is 6.54 Å². The molecule has 0 radical (unpaired) electrons. The van der Waals surface area contributed by atoms with Crippen molar-refractivity contribution in [1.82, 2.24) is 5.32 Å². The Morgan fingerprint density at radius 1 is 0.842 bits per heavy atom. The lowest BCUT2D eigenvalue weighted by atomic mass is 10.1. The Kier molecular flexibility index (Phi) is 7.57. The lowest BCUT2D eigenvalue weighted by molar-refractivity contribution is 0.649. The molecule has 0 bridgehead atoms. The third kappa shape index (κ3) is 6.11. The van der Waals surface area contributed by atoms with Crippen LogP contribution in [0.3, 0.4) is 0 Å². The van der Waals surface area contributed by atoms with Crippen molar-refractivity contribution in [2.75, 3.05) is 6.54 Å². The maximum atomic E-state index is 5.84. The van der Waals surface area contributed by atoms with Gasteiger partial charge in [-0.3, -0.25) is 0 Å². The maximum Gasteiger partial charge on any atom is 0.0406 e. The summed E-state index contributed by atoms with van der Waals surface area (Å²) in [5.74, 6) is 0. The van der Waals surface area contributed by atoms with Gasteiger partial charge in [-0.2, -0.15) is 0 Å². The van der Waals surface area contributed by atoms with Gasteiger partial charge in [0.2, 0.25) is 0 Å². The largest absolute Gasteiger partial charge is 0.313 e. The van der Waals surface area contributed by atoms with Gasteiger partial charge >= 0.3 is 0 Å². The van der Waals surface area contributed by atoms with Gasteiger partial charge in [0.25, 0.3) is 0 Å². The normalized spacial score (nSPS) is 9.95. The Hall–Kier alpha value is -1.02. The van der Waals surface area contributed by atoms with E-state index in [0.717, 1.165) is 31.0 Å². The fraction of sp³-hybridized carbons (Fsp3) is 0.250. The van der Waals surface area contributed by atoms with Crippen LogP contribution in [0.5, 0.6) is 0 Å². The highest BCUT2D eigenvalue weighted by atomic mass is 35.5. The number of rotatable bonds is 6. The van der Waals surface area contributed by atoms with Crippen molar-refractivity contribution in [1.29, 1.82) is 0 Å². The highest BCUT2D eigenvalue weighted by molar-refractivity contribution is 6.30. The Balaban J connectivity index is 0.00000180. The second kappa shape index (κ2) is 8.98. The minimum Gasteiger partial charge on any atom is -0.313 e. The molecule has 102 valence electrons. The van der Waals surface area contributed by atoms with Crippen LogP contribution in [0.1, 0.15) is 17.5 Å². The van der Waals surface area contributed by atoms with Gasteiger partial charge in [-0.25, -0.2) is 0 Å². The van der Waals surface area contributed by atoms with Gasteiger partial charge in [0, 0.05) is 11.6 Å². The molecule has 0 heterocycles. The molecule has 0 aliphatic rings. The van der Waals surface area contributed by atoms with Crippen LogP contribution in [0.4, 0.5) is 0 Å². The van der Waals surface area contributed by atoms with Crippen molar-refractivity contribution < 1.29 is 0 Å². The molecule has 0 aliphatic heterocycles. The summed E-state index contributed by atoms with van der Waals surface area (Å²) in [5.41, 5.74) is 2.69. The maximum absolute atomic E-state index is 5.84. The van der Waals surface area contributed by atoms with Crippen LogP contribution in [0, 0.1) is 0 Å². The molecule has 1 N–H and O–H groups in total. The van der Waals surface area contributed by atoms with Crippen molar-refractivity contribution in [2.45, 2.75) is 19.4 Å². The summed E-state index contributed by atoms with van der Waals surface area (Å²) >= 11 is 5.84. The summed E-state index contributed by atoms with van der Waals surface area (Å²) in [6, 6.07) is 18.6. The first kappa shape index (κ1) is 16.0. The molecule has 1 nitrogen and oxygen atoms in total. The molecule has 0 aliphatic carbocycles. The van der Waals surface area contributed by atoms with E-state index in [9.17, 15) is 0 Å². The van der Waals surface area contributed by atoms with E-state index in [0.29, 0.717) is 0 Å². The summed E-state index contributed by atoms with van der Waals surface area (Å²) in [6.07, 6.45) is 2.30. The highest BCUT2D eigenvalue weighted by Gasteiger charge is 1.94. The van der Waals surface area contributed by atoms with Gasteiger partial charge in [-0.1, -0.05) is 54.1 Å². The zero-order chi connectivity index (χ0) is 12.6. The van der Waals surface area contributed by atoms with Crippen LogP contribution in [0.15, 0.2) is 54.6 Å². The standard InChI is InChI=1S/C16H18ClN.ClH/c17-16-10-8-15(9-11-16)13-18-12-4-7-14-5-2-1-3-6-14;/h1-3,5-6,8-11,18H,4,7,12-13H2;1H. The summed E-state index contributed by atoms with van der Waals surface area (Å²) in [7, 11) is 0. The van der Waals surface area contributed by atoms with E-state index in [1.54, 1.807) is 0 Å². The van der Waals surface area contributed by atoms with Gasteiger partial charge in [-0.05, 0) is 42.6 Å². The zero-order valence-electron chi connectivity index (χ0n) is 10.8. The van der Waals surface area contributed by atoms with Crippen molar-refractivity contribution in [2.24, 2.45) is 0 Å². The second-order valence-electron chi connectivity index (χ2n) is 4.39. The van der Waals surface area contributed by atoms with E-state index in [-0.39, 0.29) is 12.4 Å². The number of aryl methyl sites for hydroxylation is 1. The first-order chi connectivity index (χ1) is 8.84. The first-order valence-corrected chi connectivity index (χ1v) is 6.71. The van der Waals surface area contributed by atoms with Gasteiger partial charge in [0.05, 0.1) is 0 Å². The van der Waals surface area contributed by atoms with Crippen LogP contribution in [0.25, 0.3) is 0 Å². The second-order valence-corrected chi connectivity index (χ2v) is 4.83. The van der Waals surface area contributed by atoms with Crippen LogP contribution >= 0.6 is 24.0 Å². The summed E-state index contributed by atoms with van der Waals surface area (Å²) < 4.78 is 0. The summed E-state index contributed by atoms with van der Waals surface area (Å²) in [4.78, 5) is 0. The van der Waals surface area contributed by atoms with Crippen molar-refractivity contribution >= 4 is 24.0 Å². The molecule has 0 unspecified atom stereocenters. The van der Waals surface area contributed by atoms with Crippen molar-refractivity contribution in [3.8, 4) is 0 Å². The van der Waals surface area contributed by atoms with Crippen molar-refractivity contribution in [3.63, 3.8) is 0 Å². The van der Waals surface area contributed by atoms with Crippen LogP contribution < -0.4 is 5.32 Å². The average Bonchev–Trinajstić information content (AvgIpc) is 2.42. The molecular weight excluding hydrogens is 277 g/mol. The van der Waals surface area contributed by atoms with E-state index in [2.05, 4.69) is 47.8 Å². The van der Waals surface area contributed by atoms with Gasteiger partial charge in [0.15, 0.2) is 0 Å². The third-order valence-electron chi connectivity index (χ3n) is 2.90. The minimum absolute atomic E-state index is 0. The van der Waals surface area contributed by atoms with Crippen molar-refractivity contribution in [3.05, 3.63) is 70.7 Å². The number of nitrogens with one attached hydrogen (secondary N) is 1. The quantitative estimate of drug-likeness (QED) is 0.775. The number of hydrogen-bond acceptors (Lipinski definition) is 1. The molecule has 2 rings (SSSR count). The van der Waals surface area contributed by atoms with Gasteiger partial charge in [0.1, 0.15) is 0 Å². The highest BCUT2D eigenvalue weighted by Crippen LogP contribution is 2.09. The molecule has 3 heteroatoms. The Morgan fingerprint density at radius 2 is 1.53 bits per heavy atom. The van der Waals surface area contributed by atoms with E-state index in [1.165, 1.54) is 11.1 Å². The predicted molar refractivity (Wildman–Crippen MR) is 85.2 cm³/mol. The van der Waals surface area contributed by atoms with Gasteiger partial charge in [-0.15, -0.1) is 12.4 Å². The molecule has 0 aromatic heterocycles. The van der Waals surface area contributed by atoms with E-state index in [4.69, 9.17) is 11.6 Å². The fourth-order valence-corrected chi connectivity index (χ4v) is 2.02. The smallest absolute Gasteiger partial charge is 0.0406 e. The molecule has 0 saturated carbocycles. The first-order valence-electron chi connectivity index (χ1n) is 6.34. The molecule has 2 aromatic carbocycles. The monoisotopic (exact) mass is 295 g/mol. The SMILES string of the molecule is Cl.Clc1ccc(CNCCCc2ccccc2)cc1. The lowest BCUT2D eigenvalue weighted by Gasteiger charge is -2.05. The van der Waals surface area contributed by atoms with E-state index >= 15 is 0 Å². The zero-order valence-corrected chi connectivity index (χ0v) is 12.4. The molecular formula is C16H19Cl2N. The molecule has 0 saturated heterocycles. The fourth-order valence-electron chi connectivity index (χ4n) is 1.90. The molecule has 0 fully saturated rings. The van der Waals surface area contributed by atoms with Crippen LogP contribution in [0.2, 0.25) is 5.02 Å². The molecule has 2 aromatic rings. The third-order valence-corrected chi connectivity index (χ3v) is 3.16. The number of halogens is 2. The summed E-state index contributed by atoms with van der Waals surface area (Å²) in [5, 5.41) is 4.24. The Bertz CT molecular complexity index is 454. The lowest BCUT2D eigenvalue weighted by Crippen LogP contribution is -2.15. The van der Waals surface area contributed by atoms with E-state index < -0.39 is 0 Å². The number of benzene rings is 2. The Morgan fingerprint density at radius 3 is 2.21 bits per heavy atom. The van der Waals surface area contributed by atoms with E-state index in [1.807, 2.05) is 12.1 Å². The summed E-state index contributed by atoms with van der Waals surface area (Å²) in [6.45, 7) is 1.95. The predicted octanol–water partition coefficient (Wildman–Crippen LogP) is 4.48. The van der Waals surface area contributed by atoms with Crippen LogP contribution in [-0.2, 0) is 13.0 Å². The molecule has 0 atom stereocenters. The average molecular weight is 296 g/mol. The minimum atomic E-state index is 0. The van der Waals surface area contributed by atoms with Gasteiger partial charge < -0.3 is 5.32 Å². The molecule has 19 heavy (non-hydrogen) atoms.